The van der Waals surface area contributed by atoms with Crippen LogP contribution in [0.1, 0.15) is 27.2 Å². The first-order valence-electron chi connectivity index (χ1n) is 5.37. The van der Waals surface area contributed by atoms with Crippen molar-refractivity contribution in [3.8, 4) is 0 Å². The van der Waals surface area contributed by atoms with E-state index in [0.29, 0.717) is 13.0 Å². The van der Waals surface area contributed by atoms with E-state index in [-0.39, 0.29) is 17.9 Å². The Hall–Kier alpha value is -1.10. The standard InChI is InChI=1S/C11H19NO4/c1-11(2,3)16-10(14)8-5-7(6-12-8)9(13)15-4/h7-8,12H,5-6H2,1-4H3/t7-,8+/m0/s1. The molecule has 5 heteroatoms. The Morgan fingerprint density at radius 3 is 2.38 bits per heavy atom. The van der Waals surface area contributed by atoms with Gasteiger partial charge in [-0.25, -0.2) is 0 Å². The van der Waals surface area contributed by atoms with Gasteiger partial charge in [-0.3, -0.25) is 9.59 Å². The maximum atomic E-state index is 11.7. The van der Waals surface area contributed by atoms with E-state index in [2.05, 4.69) is 10.1 Å². The van der Waals surface area contributed by atoms with Crippen molar-refractivity contribution in [1.29, 1.82) is 0 Å². The van der Waals surface area contributed by atoms with Gasteiger partial charge in [0.1, 0.15) is 11.6 Å². The van der Waals surface area contributed by atoms with Gasteiger partial charge in [-0.05, 0) is 27.2 Å². The molecule has 92 valence electrons. The van der Waals surface area contributed by atoms with E-state index >= 15 is 0 Å². The lowest BCUT2D eigenvalue weighted by atomic mass is 10.1. The van der Waals surface area contributed by atoms with Crippen LogP contribution in [0.2, 0.25) is 0 Å². The Labute approximate surface area is 95.5 Å². The highest BCUT2D eigenvalue weighted by Crippen LogP contribution is 2.18. The number of hydrogen-bond donors (Lipinski definition) is 1. The summed E-state index contributed by atoms with van der Waals surface area (Å²) < 4.78 is 9.86. The number of esters is 2. The van der Waals surface area contributed by atoms with Crippen LogP contribution in [-0.2, 0) is 19.1 Å². The van der Waals surface area contributed by atoms with Crippen LogP contribution in [-0.4, -0.2) is 37.2 Å². The summed E-state index contributed by atoms with van der Waals surface area (Å²) in [7, 11) is 1.35. The van der Waals surface area contributed by atoms with Crippen LogP contribution in [0, 0.1) is 5.92 Å². The van der Waals surface area contributed by atoms with Crippen LogP contribution in [0.5, 0.6) is 0 Å². The Balaban J connectivity index is 2.47. The molecule has 5 nitrogen and oxygen atoms in total. The molecule has 1 heterocycles. The van der Waals surface area contributed by atoms with E-state index in [9.17, 15) is 9.59 Å². The second-order valence-corrected chi connectivity index (χ2v) is 4.95. The van der Waals surface area contributed by atoms with E-state index in [0.717, 1.165) is 0 Å². The summed E-state index contributed by atoms with van der Waals surface area (Å²) in [5.41, 5.74) is -0.498. The van der Waals surface area contributed by atoms with Gasteiger partial charge in [0.2, 0.25) is 0 Å². The molecule has 1 saturated heterocycles. The van der Waals surface area contributed by atoms with Crippen LogP contribution >= 0.6 is 0 Å². The van der Waals surface area contributed by atoms with Crippen LogP contribution in [0.25, 0.3) is 0 Å². The first-order valence-corrected chi connectivity index (χ1v) is 5.37. The maximum absolute atomic E-state index is 11.7. The van der Waals surface area contributed by atoms with Crippen molar-refractivity contribution in [2.75, 3.05) is 13.7 Å². The van der Waals surface area contributed by atoms with Crippen LogP contribution in [0.15, 0.2) is 0 Å². The van der Waals surface area contributed by atoms with Crippen molar-refractivity contribution in [1.82, 2.24) is 5.32 Å². The zero-order valence-electron chi connectivity index (χ0n) is 10.2. The molecule has 1 N–H and O–H groups in total. The molecule has 0 aromatic heterocycles. The Kier molecular flexibility index (Phi) is 3.91. The van der Waals surface area contributed by atoms with Gasteiger partial charge in [0.15, 0.2) is 0 Å². The molecular weight excluding hydrogens is 210 g/mol. The molecule has 0 aromatic carbocycles. The lowest BCUT2D eigenvalue weighted by Gasteiger charge is -2.22. The van der Waals surface area contributed by atoms with Crippen LogP contribution in [0.3, 0.4) is 0 Å². The summed E-state index contributed by atoms with van der Waals surface area (Å²) in [4.78, 5) is 22.9. The smallest absolute Gasteiger partial charge is 0.323 e. The summed E-state index contributed by atoms with van der Waals surface area (Å²) in [6, 6.07) is -0.400. The monoisotopic (exact) mass is 229 g/mol. The molecule has 1 fully saturated rings. The number of carbonyl (C=O) groups excluding carboxylic acids is 2. The Bertz CT molecular complexity index is 282. The lowest BCUT2D eigenvalue weighted by molar-refractivity contribution is -0.157. The van der Waals surface area contributed by atoms with Crippen LogP contribution in [0.4, 0.5) is 0 Å². The topological polar surface area (TPSA) is 64.6 Å². The van der Waals surface area contributed by atoms with E-state index in [1.807, 2.05) is 20.8 Å². The minimum absolute atomic E-state index is 0.248. The van der Waals surface area contributed by atoms with Crippen molar-refractivity contribution in [3.63, 3.8) is 0 Å². The zero-order valence-corrected chi connectivity index (χ0v) is 10.2. The van der Waals surface area contributed by atoms with E-state index < -0.39 is 11.6 Å². The largest absolute Gasteiger partial charge is 0.469 e. The number of ether oxygens (including phenoxy) is 2. The van der Waals surface area contributed by atoms with Crippen molar-refractivity contribution >= 4 is 11.9 Å². The fourth-order valence-corrected chi connectivity index (χ4v) is 1.63. The van der Waals surface area contributed by atoms with Crippen LogP contribution < -0.4 is 5.32 Å². The predicted molar refractivity (Wildman–Crippen MR) is 57.8 cm³/mol. The van der Waals surface area contributed by atoms with Gasteiger partial charge in [-0.2, -0.15) is 0 Å². The second-order valence-electron chi connectivity index (χ2n) is 4.95. The summed E-state index contributed by atoms with van der Waals surface area (Å²) in [5, 5.41) is 2.97. The van der Waals surface area contributed by atoms with Crippen molar-refractivity contribution in [2.45, 2.75) is 38.8 Å². The fraction of sp³-hybridized carbons (Fsp3) is 0.818. The summed E-state index contributed by atoms with van der Waals surface area (Å²) in [6.07, 6.45) is 0.446. The highest BCUT2D eigenvalue weighted by atomic mass is 16.6. The Morgan fingerprint density at radius 1 is 1.25 bits per heavy atom. The third-order valence-corrected chi connectivity index (χ3v) is 2.36. The minimum atomic E-state index is -0.498. The average molecular weight is 229 g/mol. The molecule has 1 aliphatic rings. The number of nitrogens with one attached hydrogen (secondary N) is 1. The molecule has 2 atom stereocenters. The third-order valence-electron chi connectivity index (χ3n) is 2.36. The normalized spacial score (nSPS) is 25.2. The molecule has 0 aliphatic carbocycles. The molecule has 0 spiro atoms. The second kappa shape index (κ2) is 4.82. The van der Waals surface area contributed by atoms with Gasteiger partial charge in [-0.1, -0.05) is 0 Å². The van der Waals surface area contributed by atoms with Gasteiger partial charge in [0.25, 0.3) is 0 Å². The van der Waals surface area contributed by atoms with Gasteiger partial charge < -0.3 is 14.8 Å². The van der Waals surface area contributed by atoms with E-state index in [4.69, 9.17) is 4.74 Å². The SMILES string of the molecule is COC(=O)[C@@H]1CN[C@@H](C(=O)OC(C)(C)C)C1. The highest BCUT2D eigenvalue weighted by Gasteiger charge is 2.36. The predicted octanol–water partition coefficient (Wildman–Crippen LogP) is 0.479. The lowest BCUT2D eigenvalue weighted by Crippen LogP contribution is -2.37. The molecule has 0 radical (unpaired) electrons. The quantitative estimate of drug-likeness (QED) is 0.698. The number of carbonyl (C=O) groups is 2. The van der Waals surface area contributed by atoms with E-state index in [1.165, 1.54) is 7.11 Å². The number of hydrogen-bond acceptors (Lipinski definition) is 5. The molecule has 0 saturated carbocycles. The maximum Gasteiger partial charge on any atom is 0.323 e. The molecule has 16 heavy (non-hydrogen) atoms. The van der Waals surface area contributed by atoms with Crippen molar-refractivity contribution < 1.29 is 19.1 Å². The minimum Gasteiger partial charge on any atom is -0.469 e. The molecule has 0 bridgehead atoms. The molecule has 0 amide bonds. The first-order chi connectivity index (χ1) is 7.33. The van der Waals surface area contributed by atoms with Crippen molar-refractivity contribution in [3.05, 3.63) is 0 Å². The molecule has 0 aromatic rings. The van der Waals surface area contributed by atoms with Gasteiger partial charge in [-0.15, -0.1) is 0 Å². The molecule has 1 rings (SSSR count). The van der Waals surface area contributed by atoms with Gasteiger partial charge in [0, 0.05) is 6.54 Å². The number of methoxy groups -OCH3 is 1. The summed E-state index contributed by atoms with van der Waals surface area (Å²) in [6.45, 7) is 5.92. The van der Waals surface area contributed by atoms with Gasteiger partial charge in [0.05, 0.1) is 13.0 Å². The van der Waals surface area contributed by atoms with Gasteiger partial charge >= 0.3 is 11.9 Å². The fourth-order valence-electron chi connectivity index (χ4n) is 1.63. The highest BCUT2D eigenvalue weighted by molar-refractivity contribution is 5.80. The average Bonchev–Trinajstić information content (AvgIpc) is 2.62. The molecular formula is C11H19NO4. The number of rotatable bonds is 2. The first kappa shape index (κ1) is 13.0. The molecule has 0 unspecified atom stereocenters. The molecule has 1 aliphatic heterocycles. The zero-order chi connectivity index (χ0) is 12.3. The Morgan fingerprint density at radius 2 is 1.88 bits per heavy atom. The van der Waals surface area contributed by atoms with E-state index in [1.54, 1.807) is 0 Å². The summed E-state index contributed by atoms with van der Waals surface area (Å²) in [5.74, 6) is -0.833. The third kappa shape index (κ3) is 3.48. The van der Waals surface area contributed by atoms with Crippen molar-refractivity contribution in [2.24, 2.45) is 5.92 Å². The summed E-state index contributed by atoms with van der Waals surface area (Å²) >= 11 is 0.